The number of hydrogen-bond acceptors (Lipinski definition) is 3. The summed E-state index contributed by atoms with van der Waals surface area (Å²) in [5.41, 5.74) is 1.61. The summed E-state index contributed by atoms with van der Waals surface area (Å²) in [5.74, 6) is -0.236. The summed E-state index contributed by atoms with van der Waals surface area (Å²) in [6.45, 7) is 2.26. The molecule has 0 atom stereocenters. The summed E-state index contributed by atoms with van der Waals surface area (Å²) in [7, 11) is -3.42. The van der Waals surface area contributed by atoms with Gasteiger partial charge in [-0.15, -0.1) is 11.6 Å². The predicted octanol–water partition coefficient (Wildman–Crippen LogP) is 0.841. The van der Waals surface area contributed by atoms with E-state index in [1.54, 1.807) is 12.1 Å². The molecule has 2 N–H and O–H groups in total. The number of hydrogen-bond donors (Lipinski definition) is 2. The number of rotatable bonds is 6. The van der Waals surface area contributed by atoms with Crippen LogP contribution in [0.5, 0.6) is 0 Å². The van der Waals surface area contributed by atoms with Gasteiger partial charge in [-0.1, -0.05) is 17.7 Å². The van der Waals surface area contributed by atoms with Crippen LogP contribution in [0.1, 0.15) is 15.9 Å². The van der Waals surface area contributed by atoms with Crippen LogP contribution in [-0.2, 0) is 10.0 Å². The van der Waals surface area contributed by atoms with Crippen molar-refractivity contribution in [2.75, 3.05) is 18.3 Å². The number of aryl methyl sites for hydroxylation is 1. The number of carbonyl (C=O) groups is 1. The minimum Gasteiger partial charge on any atom is -0.351 e. The molecule has 0 fully saturated rings. The molecule has 5 nitrogen and oxygen atoms in total. The van der Waals surface area contributed by atoms with Gasteiger partial charge < -0.3 is 5.32 Å². The Hall–Kier alpha value is -1.11. The standard InChI is InChI=1S/C11H15ClN2O3S/c1-9-2-4-10(5-3-9)11(15)13-6-7-14-18(16,17)8-12/h2-5,14H,6-8H2,1H3,(H,13,15). The highest BCUT2D eigenvalue weighted by Crippen LogP contribution is 2.02. The Labute approximate surface area is 112 Å². The molecule has 0 spiro atoms. The zero-order valence-corrected chi connectivity index (χ0v) is 11.5. The van der Waals surface area contributed by atoms with Crippen molar-refractivity contribution in [1.82, 2.24) is 10.0 Å². The van der Waals surface area contributed by atoms with Crippen LogP contribution in [0.15, 0.2) is 24.3 Å². The third-order valence-electron chi connectivity index (χ3n) is 2.19. The van der Waals surface area contributed by atoms with Crippen LogP contribution in [0, 0.1) is 6.92 Å². The predicted molar refractivity (Wildman–Crippen MR) is 71.2 cm³/mol. The highest BCUT2D eigenvalue weighted by molar-refractivity contribution is 7.90. The van der Waals surface area contributed by atoms with Crippen molar-refractivity contribution in [3.05, 3.63) is 35.4 Å². The lowest BCUT2D eigenvalue weighted by Gasteiger charge is -2.06. The maximum absolute atomic E-state index is 11.6. The number of carbonyl (C=O) groups excluding carboxylic acids is 1. The zero-order chi connectivity index (χ0) is 13.6. The summed E-state index contributed by atoms with van der Waals surface area (Å²) in [6, 6.07) is 7.11. The number of nitrogens with one attached hydrogen (secondary N) is 2. The number of sulfonamides is 1. The van der Waals surface area contributed by atoms with E-state index in [4.69, 9.17) is 11.6 Å². The summed E-state index contributed by atoms with van der Waals surface area (Å²) in [4.78, 5) is 11.6. The first kappa shape index (κ1) is 14.9. The maximum Gasteiger partial charge on any atom is 0.251 e. The molecule has 100 valence electrons. The first-order chi connectivity index (χ1) is 8.44. The van der Waals surface area contributed by atoms with Crippen molar-refractivity contribution in [3.8, 4) is 0 Å². The molecule has 0 aromatic heterocycles. The average Bonchev–Trinajstić information content (AvgIpc) is 2.35. The summed E-state index contributed by atoms with van der Waals surface area (Å²) < 4.78 is 24.2. The van der Waals surface area contributed by atoms with Gasteiger partial charge in [-0.3, -0.25) is 4.79 Å². The van der Waals surface area contributed by atoms with E-state index >= 15 is 0 Å². The van der Waals surface area contributed by atoms with Crippen LogP contribution >= 0.6 is 11.6 Å². The first-order valence-electron chi connectivity index (χ1n) is 5.33. The molecule has 0 aliphatic rings. The molecule has 0 heterocycles. The average molecular weight is 291 g/mol. The van der Waals surface area contributed by atoms with E-state index < -0.39 is 15.2 Å². The summed E-state index contributed by atoms with van der Waals surface area (Å²) in [6.07, 6.45) is 0. The van der Waals surface area contributed by atoms with E-state index in [9.17, 15) is 13.2 Å². The Morgan fingerprint density at radius 3 is 2.39 bits per heavy atom. The van der Waals surface area contributed by atoms with Gasteiger partial charge >= 0.3 is 0 Å². The van der Waals surface area contributed by atoms with Gasteiger partial charge in [-0.25, -0.2) is 13.1 Å². The molecule has 0 unspecified atom stereocenters. The molecule has 18 heavy (non-hydrogen) atoms. The number of benzene rings is 1. The second-order valence-corrected chi connectivity index (χ2v) is 6.13. The van der Waals surface area contributed by atoms with Crippen LogP contribution in [0.4, 0.5) is 0 Å². The molecule has 1 rings (SSSR count). The lowest BCUT2D eigenvalue weighted by atomic mass is 10.1. The monoisotopic (exact) mass is 290 g/mol. The Morgan fingerprint density at radius 1 is 1.22 bits per heavy atom. The molecule has 0 radical (unpaired) electrons. The third kappa shape index (κ3) is 5.03. The fourth-order valence-electron chi connectivity index (χ4n) is 1.23. The van der Waals surface area contributed by atoms with Crippen molar-refractivity contribution in [2.45, 2.75) is 6.92 Å². The van der Waals surface area contributed by atoms with Crippen LogP contribution in [0.2, 0.25) is 0 Å². The Morgan fingerprint density at radius 2 is 1.83 bits per heavy atom. The largest absolute Gasteiger partial charge is 0.351 e. The van der Waals surface area contributed by atoms with Gasteiger partial charge in [-0.05, 0) is 19.1 Å². The van der Waals surface area contributed by atoms with E-state index in [0.29, 0.717) is 5.56 Å². The number of amides is 1. The molecule has 0 bridgehead atoms. The van der Waals surface area contributed by atoms with Gasteiger partial charge in [0.2, 0.25) is 10.0 Å². The van der Waals surface area contributed by atoms with Gasteiger partial charge in [0.1, 0.15) is 5.21 Å². The van der Waals surface area contributed by atoms with Gasteiger partial charge in [0.15, 0.2) is 0 Å². The van der Waals surface area contributed by atoms with Crippen molar-refractivity contribution in [2.24, 2.45) is 0 Å². The fourth-order valence-corrected chi connectivity index (χ4v) is 1.95. The van der Waals surface area contributed by atoms with Crippen LogP contribution in [0.3, 0.4) is 0 Å². The normalized spacial score (nSPS) is 11.2. The van der Waals surface area contributed by atoms with Gasteiger partial charge in [0, 0.05) is 18.7 Å². The molecule has 1 aromatic carbocycles. The lowest BCUT2D eigenvalue weighted by Crippen LogP contribution is -2.35. The molecule has 0 aliphatic carbocycles. The Bertz CT molecular complexity index is 500. The molecule has 0 saturated heterocycles. The minimum absolute atomic E-state index is 0.118. The highest BCUT2D eigenvalue weighted by Gasteiger charge is 2.07. The zero-order valence-electron chi connectivity index (χ0n) is 9.94. The Balaban J connectivity index is 2.36. The van der Waals surface area contributed by atoms with Crippen LogP contribution in [-0.4, -0.2) is 32.6 Å². The third-order valence-corrected chi connectivity index (χ3v) is 3.98. The van der Waals surface area contributed by atoms with Crippen molar-refractivity contribution in [1.29, 1.82) is 0 Å². The van der Waals surface area contributed by atoms with Crippen LogP contribution < -0.4 is 10.0 Å². The molecule has 0 saturated carbocycles. The molecular weight excluding hydrogens is 276 g/mol. The van der Waals surface area contributed by atoms with Crippen LogP contribution in [0.25, 0.3) is 0 Å². The van der Waals surface area contributed by atoms with E-state index in [1.165, 1.54) is 0 Å². The van der Waals surface area contributed by atoms with Crippen molar-refractivity contribution < 1.29 is 13.2 Å². The topological polar surface area (TPSA) is 75.3 Å². The Kier molecular flexibility index (Phi) is 5.58. The smallest absolute Gasteiger partial charge is 0.251 e. The van der Waals surface area contributed by atoms with Gasteiger partial charge in [0.05, 0.1) is 0 Å². The first-order valence-corrected chi connectivity index (χ1v) is 7.51. The number of alkyl halides is 1. The molecule has 0 aliphatic heterocycles. The lowest BCUT2D eigenvalue weighted by molar-refractivity contribution is 0.0954. The minimum atomic E-state index is -3.42. The van der Waals surface area contributed by atoms with E-state index in [2.05, 4.69) is 10.0 Å². The van der Waals surface area contributed by atoms with Gasteiger partial charge in [0.25, 0.3) is 5.91 Å². The molecule has 1 aromatic rings. The summed E-state index contributed by atoms with van der Waals surface area (Å²) >= 11 is 5.21. The van der Waals surface area contributed by atoms with E-state index in [0.717, 1.165) is 5.56 Å². The van der Waals surface area contributed by atoms with Gasteiger partial charge in [-0.2, -0.15) is 0 Å². The van der Waals surface area contributed by atoms with Crippen molar-refractivity contribution in [3.63, 3.8) is 0 Å². The maximum atomic E-state index is 11.6. The SMILES string of the molecule is Cc1ccc(C(=O)NCCNS(=O)(=O)CCl)cc1. The second kappa shape index (κ2) is 6.72. The highest BCUT2D eigenvalue weighted by atomic mass is 35.5. The molecule has 7 heteroatoms. The number of halogens is 1. The fraction of sp³-hybridized carbons (Fsp3) is 0.364. The molecule has 1 amide bonds. The van der Waals surface area contributed by atoms with E-state index in [1.807, 2.05) is 19.1 Å². The molecular formula is C11H15ClN2O3S. The summed E-state index contributed by atoms with van der Waals surface area (Å²) in [5, 5.41) is 2.12. The quantitative estimate of drug-likeness (QED) is 0.602. The van der Waals surface area contributed by atoms with Crippen molar-refractivity contribution >= 4 is 27.5 Å². The van der Waals surface area contributed by atoms with E-state index in [-0.39, 0.29) is 19.0 Å². The second-order valence-electron chi connectivity index (χ2n) is 3.74.